The zero-order valence-electron chi connectivity index (χ0n) is 11.1. The van der Waals surface area contributed by atoms with Crippen LogP contribution >= 0.6 is 15.9 Å². The molecule has 0 radical (unpaired) electrons. The molecule has 0 spiro atoms. The lowest BCUT2D eigenvalue weighted by molar-refractivity contribution is 0.0491. The molecule has 102 valence electrons. The lowest BCUT2D eigenvalue weighted by atomic mass is 9.90. The number of carbonyl (C=O) groups excluding carboxylic acids is 1. The third-order valence-corrected chi connectivity index (χ3v) is 3.44. The van der Waals surface area contributed by atoms with Gasteiger partial charge < -0.3 is 10.5 Å². The minimum atomic E-state index is -0.394. The molecule has 0 amide bonds. The summed E-state index contributed by atoms with van der Waals surface area (Å²) in [6.07, 6.45) is 1.36. The van der Waals surface area contributed by atoms with Crippen LogP contribution in [0.15, 0.2) is 22.7 Å². The van der Waals surface area contributed by atoms with Crippen molar-refractivity contribution in [3.05, 3.63) is 28.2 Å². The molecule has 1 rings (SSSR count). The summed E-state index contributed by atoms with van der Waals surface area (Å²) in [5.74, 6) is -0.394. The van der Waals surface area contributed by atoms with Gasteiger partial charge in [0.2, 0.25) is 0 Å². The van der Waals surface area contributed by atoms with Crippen molar-refractivity contribution >= 4 is 27.6 Å². The molecule has 5 heteroatoms. The third kappa shape index (κ3) is 4.92. The second-order valence-electron chi connectivity index (χ2n) is 4.97. The zero-order chi connectivity index (χ0) is 14.5. The summed E-state index contributed by atoms with van der Waals surface area (Å²) >= 11 is 3.26. The van der Waals surface area contributed by atoms with Gasteiger partial charge in [0.15, 0.2) is 0 Å². The molecule has 1 aromatic carbocycles. The maximum Gasteiger partial charge on any atom is 0.338 e. The summed E-state index contributed by atoms with van der Waals surface area (Å²) in [6.45, 7) is 4.04. The molecule has 1 aromatic rings. The smallest absolute Gasteiger partial charge is 0.338 e. The van der Waals surface area contributed by atoms with Crippen molar-refractivity contribution in [1.82, 2.24) is 0 Å². The number of rotatable bonds is 5. The number of hydrogen-bond acceptors (Lipinski definition) is 4. The fraction of sp³-hybridized carbons (Fsp3) is 0.429. The number of nitriles is 1. The molecule has 0 saturated carbocycles. The Hall–Kier alpha value is -1.54. The average Bonchev–Trinajstić information content (AvgIpc) is 2.37. The number of esters is 1. The van der Waals surface area contributed by atoms with Crippen LogP contribution in [0.1, 0.15) is 37.0 Å². The molecule has 0 saturated heterocycles. The van der Waals surface area contributed by atoms with Crippen LogP contribution < -0.4 is 5.73 Å². The monoisotopic (exact) mass is 324 g/mol. The molecule has 0 unspecified atom stereocenters. The van der Waals surface area contributed by atoms with Gasteiger partial charge in [0, 0.05) is 10.2 Å². The first kappa shape index (κ1) is 15.5. The molecular weight excluding hydrogens is 308 g/mol. The molecular formula is C14H17BrN2O2. The van der Waals surface area contributed by atoms with Crippen LogP contribution in [0, 0.1) is 16.7 Å². The molecule has 4 nitrogen and oxygen atoms in total. The van der Waals surface area contributed by atoms with Crippen molar-refractivity contribution in [1.29, 1.82) is 5.26 Å². The van der Waals surface area contributed by atoms with Crippen LogP contribution in [0.2, 0.25) is 0 Å². The van der Waals surface area contributed by atoms with E-state index in [0.717, 1.165) is 4.47 Å². The van der Waals surface area contributed by atoms with E-state index >= 15 is 0 Å². The van der Waals surface area contributed by atoms with Crippen LogP contribution in [0.5, 0.6) is 0 Å². The van der Waals surface area contributed by atoms with Gasteiger partial charge in [-0.05, 0) is 60.8 Å². The first-order chi connectivity index (χ1) is 8.85. The van der Waals surface area contributed by atoms with Gasteiger partial charge >= 0.3 is 5.97 Å². The Morgan fingerprint density at radius 2 is 2.21 bits per heavy atom. The number of nitrogens with zero attached hydrogens (tertiary/aromatic N) is 1. The third-order valence-electron chi connectivity index (χ3n) is 2.71. The Balaban J connectivity index is 2.44. The topological polar surface area (TPSA) is 76.1 Å². The lowest BCUT2D eigenvalue weighted by Crippen LogP contribution is -2.11. The number of nitrogens with two attached hydrogens (primary N) is 1. The minimum Gasteiger partial charge on any atom is -0.462 e. The lowest BCUT2D eigenvalue weighted by Gasteiger charge is -2.14. The quantitative estimate of drug-likeness (QED) is 0.510. The number of hydrogen-bond donors (Lipinski definition) is 1. The van der Waals surface area contributed by atoms with Gasteiger partial charge in [-0.1, -0.05) is 0 Å². The highest BCUT2D eigenvalue weighted by atomic mass is 79.9. The molecule has 0 aliphatic rings. The predicted octanol–water partition coefficient (Wildman–Crippen LogP) is 3.52. The molecule has 0 fully saturated rings. The zero-order valence-corrected chi connectivity index (χ0v) is 12.7. The maximum absolute atomic E-state index is 11.7. The summed E-state index contributed by atoms with van der Waals surface area (Å²) in [6, 6.07) is 7.16. The highest BCUT2D eigenvalue weighted by Gasteiger charge is 2.16. The van der Waals surface area contributed by atoms with Crippen LogP contribution in [-0.2, 0) is 4.74 Å². The van der Waals surface area contributed by atoms with Gasteiger partial charge in [-0.2, -0.15) is 5.26 Å². The number of anilines is 1. The van der Waals surface area contributed by atoms with E-state index in [2.05, 4.69) is 22.0 Å². The van der Waals surface area contributed by atoms with Crippen LogP contribution in [-0.4, -0.2) is 12.6 Å². The van der Waals surface area contributed by atoms with Crippen molar-refractivity contribution in [2.75, 3.05) is 12.3 Å². The summed E-state index contributed by atoms with van der Waals surface area (Å²) in [7, 11) is 0. The average molecular weight is 325 g/mol. The van der Waals surface area contributed by atoms with Gasteiger partial charge in [0.25, 0.3) is 0 Å². The van der Waals surface area contributed by atoms with E-state index < -0.39 is 5.97 Å². The number of halogens is 1. The van der Waals surface area contributed by atoms with E-state index in [0.29, 0.717) is 30.7 Å². The fourth-order valence-corrected chi connectivity index (χ4v) is 1.74. The van der Waals surface area contributed by atoms with Gasteiger partial charge in [-0.25, -0.2) is 4.79 Å². The number of benzene rings is 1. The standard InChI is InChI=1S/C14H17BrN2O2/c1-14(2,9-16)6-3-7-19-13(18)10-4-5-11(15)12(17)8-10/h4-5,8H,3,6-7,17H2,1-2H3. The first-order valence-electron chi connectivity index (χ1n) is 5.99. The van der Waals surface area contributed by atoms with Crippen molar-refractivity contribution in [3.8, 4) is 6.07 Å². The van der Waals surface area contributed by atoms with E-state index in [1.807, 2.05) is 13.8 Å². The van der Waals surface area contributed by atoms with E-state index in [-0.39, 0.29) is 5.41 Å². The molecule has 0 bridgehead atoms. The molecule has 0 aromatic heterocycles. The molecule has 19 heavy (non-hydrogen) atoms. The number of ether oxygens (including phenoxy) is 1. The molecule has 2 N–H and O–H groups in total. The fourth-order valence-electron chi connectivity index (χ4n) is 1.49. The summed E-state index contributed by atoms with van der Waals surface area (Å²) in [5.41, 5.74) is 6.25. The SMILES string of the molecule is CC(C)(C#N)CCCOC(=O)c1ccc(Br)c(N)c1. The van der Waals surface area contributed by atoms with Crippen LogP contribution in [0.3, 0.4) is 0 Å². The number of carbonyl (C=O) groups is 1. The molecule has 0 heterocycles. The van der Waals surface area contributed by atoms with Gasteiger partial charge in [0.1, 0.15) is 0 Å². The van der Waals surface area contributed by atoms with Gasteiger partial charge in [0.05, 0.1) is 23.7 Å². The second-order valence-corrected chi connectivity index (χ2v) is 5.83. The summed E-state index contributed by atoms with van der Waals surface area (Å²) in [4.78, 5) is 11.7. The van der Waals surface area contributed by atoms with Crippen LogP contribution in [0.25, 0.3) is 0 Å². The summed E-state index contributed by atoms with van der Waals surface area (Å²) < 4.78 is 5.89. The van der Waals surface area contributed by atoms with Gasteiger partial charge in [-0.3, -0.25) is 0 Å². The van der Waals surface area contributed by atoms with Gasteiger partial charge in [-0.15, -0.1) is 0 Å². The van der Waals surface area contributed by atoms with E-state index in [4.69, 9.17) is 15.7 Å². The van der Waals surface area contributed by atoms with E-state index in [9.17, 15) is 4.79 Å². The van der Waals surface area contributed by atoms with Crippen molar-refractivity contribution < 1.29 is 9.53 Å². The second kappa shape index (κ2) is 6.58. The Bertz CT molecular complexity index is 507. The Labute approximate surface area is 121 Å². The van der Waals surface area contributed by atoms with Crippen molar-refractivity contribution in [2.24, 2.45) is 5.41 Å². The van der Waals surface area contributed by atoms with E-state index in [1.54, 1.807) is 18.2 Å². The van der Waals surface area contributed by atoms with Crippen LogP contribution in [0.4, 0.5) is 5.69 Å². The molecule has 0 atom stereocenters. The minimum absolute atomic E-state index is 0.305. The van der Waals surface area contributed by atoms with Crippen molar-refractivity contribution in [2.45, 2.75) is 26.7 Å². The first-order valence-corrected chi connectivity index (χ1v) is 6.78. The number of nitrogen functional groups attached to an aromatic ring is 1. The Morgan fingerprint density at radius 3 is 2.79 bits per heavy atom. The van der Waals surface area contributed by atoms with E-state index in [1.165, 1.54) is 0 Å². The molecule has 0 aliphatic carbocycles. The normalized spacial score (nSPS) is 10.8. The Kier molecular flexibility index (Phi) is 5.37. The Morgan fingerprint density at radius 1 is 1.53 bits per heavy atom. The van der Waals surface area contributed by atoms with Crippen molar-refractivity contribution in [3.63, 3.8) is 0 Å². The highest BCUT2D eigenvalue weighted by molar-refractivity contribution is 9.10. The largest absolute Gasteiger partial charge is 0.462 e. The predicted molar refractivity (Wildman–Crippen MR) is 77.5 cm³/mol. The maximum atomic E-state index is 11.7. The summed E-state index contributed by atoms with van der Waals surface area (Å²) in [5, 5.41) is 8.86. The molecule has 0 aliphatic heterocycles. The highest BCUT2D eigenvalue weighted by Crippen LogP contribution is 2.22.